The standard InChI is InChI=1S/C29H31ClF2N2O2S/c1-4-33(5-2)17-20-6-8-21(9-7-20)28(22-10-12-25(30)13-11-22)34-18-24(19-34)29(37(3,35)36)23-14-26(31)16-27(32)15-23/h6-16,28H,4-5,17-19H2,1-3H3. The highest BCUT2D eigenvalue weighted by Crippen LogP contribution is 2.38. The molecule has 4 rings (SSSR count). The van der Waals surface area contributed by atoms with Crippen LogP contribution in [0.2, 0.25) is 5.02 Å². The van der Waals surface area contributed by atoms with Crippen LogP contribution < -0.4 is 0 Å². The predicted octanol–water partition coefficient (Wildman–Crippen LogP) is 6.32. The summed E-state index contributed by atoms with van der Waals surface area (Å²) in [6, 6.07) is 18.8. The van der Waals surface area contributed by atoms with Crippen LogP contribution >= 0.6 is 11.6 Å². The van der Waals surface area contributed by atoms with Crippen molar-refractivity contribution in [2.24, 2.45) is 0 Å². The smallest absolute Gasteiger partial charge is 0.176 e. The molecule has 0 saturated carbocycles. The molecule has 1 atom stereocenters. The van der Waals surface area contributed by atoms with Crippen LogP contribution in [0.4, 0.5) is 8.78 Å². The molecule has 3 aromatic carbocycles. The Labute approximate surface area is 223 Å². The zero-order valence-corrected chi connectivity index (χ0v) is 22.8. The highest BCUT2D eigenvalue weighted by Gasteiger charge is 2.35. The summed E-state index contributed by atoms with van der Waals surface area (Å²) in [4.78, 5) is 4.49. The minimum absolute atomic E-state index is 0.00780. The number of benzene rings is 3. The Kier molecular flexibility index (Phi) is 8.49. The van der Waals surface area contributed by atoms with Crippen molar-refractivity contribution in [2.75, 3.05) is 32.4 Å². The predicted molar refractivity (Wildman–Crippen MR) is 146 cm³/mol. The van der Waals surface area contributed by atoms with Crippen molar-refractivity contribution in [1.82, 2.24) is 9.80 Å². The first kappa shape index (κ1) is 27.5. The molecule has 8 heteroatoms. The third-order valence-electron chi connectivity index (χ3n) is 6.75. The Morgan fingerprint density at radius 1 is 0.919 bits per heavy atom. The molecule has 37 heavy (non-hydrogen) atoms. The van der Waals surface area contributed by atoms with Gasteiger partial charge in [0.15, 0.2) is 9.84 Å². The van der Waals surface area contributed by atoms with Gasteiger partial charge in [0.1, 0.15) is 11.6 Å². The maximum atomic E-state index is 13.9. The van der Waals surface area contributed by atoms with E-state index >= 15 is 0 Å². The molecule has 0 spiro atoms. The molecular formula is C29H31ClF2N2O2S. The van der Waals surface area contributed by atoms with E-state index in [1.54, 1.807) is 0 Å². The van der Waals surface area contributed by atoms with Crippen LogP contribution in [0.3, 0.4) is 0 Å². The van der Waals surface area contributed by atoms with Gasteiger partial charge in [-0.1, -0.05) is 61.8 Å². The molecule has 0 bridgehead atoms. The summed E-state index contributed by atoms with van der Waals surface area (Å²) >= 11 is 6.14. The Morgan fingerprint density at radius 2 is 1.43 bits per heavy atom. The van der Waals surface area contributed by atoms with Gasteiger partial charge in [-0.25, -0.2) is 17.2 Å². The van der Waals surface area contributed by atoms with Gasteiger partial charge in [0, 0.05) is 37.0 Å². The van der Waals surface area contributed by atoms with E-state index in [-0.39, 0.29) is 16.5 Å². The molecule has 0 radical (unpaired) electrons. The van der Waals surface area contributed by atoms with Crippen molar-refractivity contribution in [3.63, 3.8) is 0 Å². The molecule has 1 saturated heterocycles. The van der Waals surface area contributed by atoms with E-state index in [0.29, 0.717) is 23.7 Å². The molecule has 1 aliphatic heterocycles. The van der Waals surface area contributed by atoms with Gasteiger partial charge in [0.05, 0.1) is 10.9 Å². The zero-order chi connectivity index (χ0) is 26.7. The fourth-order valence-electron chi connectivity index (χ4n) is 4.91. The van der Waals surface area contributed by atoms with Crippen molar-refractivity contribution in [3.8, 4) is 0 Å². The Balaban J connectivity index is 1.68. The van der Waals surface area contributed by atoms with Crippen molar-refractivity contribution < 1.29 is 17.2 Å². The SMILES string of the molecule is CCN(CC)Cc1ccc(C(c2ccc(Cl)cc2)N2CC(=C(c3cc(F)cc(F)c3)S(C)(=O)=O)C2)cc1. The molecule has 4 nitrogen and oxygen atoms in total. The summed E-state index contributed by atoms with van der Waals surface area (Å²) in [6.45, 7) is 7.83. The number of nitrogens with zero attached hydrogens (tertiary/aromatic N) is 2. The summed E-state index contributed by atoms with van der Waals surface area (Å²) in [5.74, 6) is -1.62. The van der Waals surface area contributed by atoms with Crippen LogP contribution in [-0.4, -0.2) is 50.7 Å². The molecule has 1 aliphatic rings. The van der Waals surface area contributed by atoms with Gasteiger partial charge in [0.2, 0.25) is 0 Å². The van der Waals surface area contributed by atoms with Crippen LogP contribution in [0.15, 0.2) is 72.3 Å². The minimum atomic E-state index is -3.72. The number of hydrogen-bond acceptors (Lipinski definition) is 4. The lowest BCUT2D eigenvalue weighted by molar-refractivity contribution is 0.203. The average molecular weight is 545 g/mol. The van der Waals surface area contributed by atoms with E-state index in [1.807, 2.05) is 24.3 Å². The highest BCUT2D eigenvalue weighted by molar-refractivity contribution is 8.00. The molecule has 196 valence electrons. The van der Waals surface area contributed by atoms with E-state index in [0.717, 1.165) is 55.2 Å². The van der Waals surface area contributed by atoms with Crippen molar-refractivity contribution in [3.05, 3.63) is 111 Å². The summed E-state index contributed by atoms with van der Waals surface area (Å²) in [5.41, 5.74) is 3.99. The second kappa shape index (κ2) is 11.4. The molecule has 1 heterocycles. The lowest BCUT2D eigenvalue weighted by atomic mass is 9.91. The first-order valence-electron chi connectivity index (χ1n) is 12.3. The lowest BCUT2D eigenvalue weighted by Crippen LogP contribution is -2.44. The monoisotopic (exact) mass is 544 g/mol. The highest BCUT2D eigenvalue weighted by atomic mass is 35.5. The summed E-state index contributed by atoms with van der Waals surface area (Å²) < 4.78 is 53.2. The van der Waals surface area contributed by atoms with Gasteiger partial charge in [-0.05, 0) is 65.2 Å². The molecule has 0 aliphatic carbocycles. The van der Waals surface area contributed by atoms with Gasteiger partial charge in [-0.15, -0.1) is 0 Å². The Hall–Kier alpha value is -2.58. The van der Waals surface area contributed by atoms with Crippen LogP contribution in [-0.2, 0) is 16.4 Å². The van der Waals surface area contributed by atoms with Gasteiger partial charge >= 0.3 is 0 Å². The quantitative estimate of drug-likeness (QED) is 0.316. The molecule has 1 fully saturated rings. The number of hydrogen-bond donors (Lipinski definition) is 0. The number of rotatable bonds is 9. The van der Waals surface area contributed by atoms with E-state index in [2.05, 4.69) is 47.9 Å². The van der Waals surface area contributed by atoms with Gasteiger partial charge in [-0.2, -0.15) is 0 Å². The van der Waals surface area contributed by atoms with E-state index in [1.165, 1.54) is 5.56 Å². The van der Waals surface area contributed by atoms with E-state index < -0.39 is 21.5 Å². The summed E-state index contributed by atoms with van der Waals surface area (Å²) in [6.07, 6.45) is 1.08. The topological polar surface area (TPSA) is 40.6 Å². The van der Waals surface area contributed by atoms with Crippen LogP contribution in [0.1, 0.15) is 42.1 Å². The fourth-order valence-corrected chi connectivity index (χ4v) is 6.23. The minimum Gasteiger partial charge on any atom is -0.300 e. The van der Waals surface area contributed by atoms with E-state index in [4.69, 9.17) is 11.6 Å². The van der Waals surface area contributed by atoms with Gasteiger partial charge < -0.3 is 0 Å². The van der Waals surface area contributed by atoms with Gasteiger partial charge in [0.25, 0.3) is 0 Å². The third kappa shape index (κ3) is 6.47. The first-order chi connectivity index (χ1) is 17.6. The Bertz CT molecular complexity index is 1360. The molecule has 3 aromatic rings. The van der Waals surface area contributed by atoms with Crippen LogP contribution in [0, 0.1) is 11.6 Å². The number of likely N-dealkylation sites (tertiary alicyclic amines) is 1. The molecule has 0 N–H and O–H groups in total. The average Bonchev–Trinajstić information content (AvgIpc) is 2.81. The lowest BCUT2D eigenvalue weighted by Gasteiger charge is -2.42. The second-order valence-corrected chi connectivity index (χ2v) is 11.8. The largest absolute Gasteiger partial charge is 0.300 e. The van der Waals surface area contributed by atoms with Crippen molar-refractivity contribution in [1.29, 1.82) is 0 Å². The Morgan fingerprint density at radius 3 is 1.92 bits per heavy atom. The zero-order valence-electron chi connectivity index (χ0n) is 21.2. The van der Waals surface area contributed by atoms with Crippen molar-refractivity contribution in [2.45, 2.75) is 26.4 Å². The molecule has 1 unspecified atom stereocenters. The van der Waals surface area contributed by atoms with Crippen LogP contribution in [0.5, 0.6) is 0 Å². The summed E-state index contributed by atoms with van der Waals surface area (Å²) in [5, 5.41) is 0.633. The molecule has 0 amide bonds. The third-order valence-corrected chi connectivity index (χ3v) is 8.27. The molecular weight excluding hydrogens is 514 g/mol. The maximum absolute atomic E-state index is 13.9. The number of halogens is 3. The summed E-state index contributed by atoms with van der Waals surface area (Å²) in [7, 11) is -3.72. The van der Waals surface area contributed by atoms with Crippen LogP contribution in [0.25, 0.3) is 4.91 Å². The normalized spacial score (nSPS) is 15.1. The second-order valence-electron chi connectivity index (χ2n) is 9.43. The molecule has 0 aromatic heterocycles. The fraction of sp³-hybridized carbons (Fsp3) is 0.310. The first-order valence-corrected chi connectivity index (χ1v) is 14.5. The maximum Gasteiger partial charge on any atom is 0.176 e. The van der Waals surface area contributed by atoms with Crippen molar-refractivity contribution >= 4 is 26.3 Å². The van der Waals surface area contributed by atoms with Gasteiger partial charge in [-0.3, -0.25) is 9.80 Å². The number of sulfone groups is 1. The van der Waals surface area contributed by atoms with E-state index in [9.17, 15) is 17.2 Å².